The molecule has 2 atom stereocenters. The van der Waals surface area contributed by atoms with Crippen molar-refractivity contribution < 1.29 is 19.0 Å². The van der Waals surface area contributed by atoms with E-state index < -0.39 is 0 Å². The molecule has 0 radical (unpaired) electrons. The molecule has 2 aliphatic rings. The highest BCUT2D eigenvalue weighted by atomic mass is 16.6. The molecule has 0 aromatic heterocycles. The second-order valence-corrected chi connectivity index (χ2v) is 6.30. The van der Waals surface area contributed by atoms with E-state index in [4.69, 9.17) is 14.2 Å². The van der Waals surface area contributed by atoms with Gasteiger partial charge < -0.3 is 14.2 Å². The summed E-state index contributed by atoms with van der Waals surface area (Å²) in [5, 5.41) is 0. The zero-order valence-corrected chi connectivity index (χ0v) is 13.4. The Hall–Kier alpha value is -1.75. The van der Waals surface area contributed by atoms with Gasteiger partial charge in [0.1, 0.15) is 18.0 Å². The van der Waals surface area contributed by atoms with Crippen LogP contribution in [0.1, 0.15) is 25.8 Å². The van der Waals surface area contributed by atoms with Crippen LogP contribution in [0.5, 0.6) is 5.75 Å². The monoisotopic (exact) mass is 305 g/mol. The van der Waals surface area contributed by atoms with Crippen molar-refractivity contribution in [3.63, 3.8) is 0 Å². The lowest BCUT2D eigenvalue weighted by molar-refractivity contribution is 0.0718. The third kappa shape index (κ3) is 2.90. The van der Waals surface area contributed by atoms with Gasteiger partial charge >= 0.3 is 6.09 Å². The van der Waals surface area contributed by atoms with E-state index in [0.29, 0.717) is 19.1 Å². The minimum absolute atomic E-state index is 0.199. The summed E-state index contributed by atoms with van der Waals surface area (Å²) in [6.45, 7) is 5.31. The van der Waals surface area contributed by atoms with Gasteiger partial charge in [0.15, 0.2) is 0 Å². The molecule has 3 rings (SSSR count). The molecule has 2 unspecified atom stereocenters. The lowest BCUT2D eigenvalue weighted by atomic mass is 9.95. The summed E-state index contributed by atoms with van der Waals surface area (Å²) in [4.78, 5) is 13.7. The van der Waals surface area contributed by atoms with Crippen molar-refractivity contribution in [3.05, 3.63) is 23.8 Å². The minimum atomic E-state index is -0.307. The average molecular weight is 305 g/mol. The fourth-order valence-corrected chi connectivity index (χ4v) is 3.04. The highest BCUT2D eigenvalue weighted by Crippen LogP contribution is 2.34. The van der Waals surface area contributed by atoms with Gasteiger partial charge in [-0.05, 0) is 42.5 Å². The molecule has 1 saturated heterocycles. The molecular formula is C17H23NO4. The summed E-state index contributed by atoms with van der Waals surface area (Å²) in [6.07, 6.45) is 1.77. The van der Waals surface area contributed by atoms with Gasteiger partial charge in [-0.2, -0.15) is 0 Å². The average Bonchev–Trinajstić information content (AvgIpc) is 2.87. The van der Waals surface area contributed by atoms with Crippen molar-refractivity contribution in [2.24, 2.45) is 5.92 Å². The quantitative estimate of drug-likeness (QED) is 0.858. The molecule has 22 heavy (non-hydrogen) atoms. The second kappa shape index (κ2) is 6.16. The van der Waals surface area contributed by atoms with Crippen LogP contribution in [-0.4, -0.2) is 38.6 Å². The van der Waals surface area contributed by atoms with E-state index in [1.165, 1.54) is 0 Å². The number of anilines is 1. The predicted molar refractivity (Wildman–Crippen MR) is 83.5 cm³/mol. The molecule has 0 aliphatic carbocycles. The first-order valence-electron chi connectivity index (χ1n) is 7.85. The molecular weight excluding hydrogens is 282 g/mol. The Morgan fingerprint density at radius 3 is 2.91 bits per heavy atom. The molecule has 1 aromatic rings. The van der Waals surface area contributed by atoms with Gasteiger partial charge in [0, 0.05) is 12.8 Å². The fraction of sp³-hybridized carbons (Fsp3) is 0.588. The highest BCUT2D eigenvalue weighted by Gasteiger charge is 2.33. The Kier molecular flexibility index (Phi) is 4.25. The highest BCUT2D eigenvalue weighted by molar-refractivity contribution is 5.90. The summed E-state index contributed by atoms with van der Waals surface area (Å²) >= 11 is 0. The molecule has 0 saturated carbocycles. The standard InChI is InChI=1S/C17H23NO4/c1-11(2)15-6-4-12-8-13(5-7-16(12)22-15)18-9-14(10-20-3)21-17(18)19/h5,7-8,11,14-15H,4,6,9-10H2,1-3H3. The number of carbonyl (C=O) groups excluding carboxylic acids is 1. The number of amides is 1. The number of benzene rings is 1. The van der Waals surface area contributed by atoms with Gasteiger partial charge in [-0.1, -0.05) is 13.8 Å². The molecule has 5 nitrogen and oxygen atoms in total. The summed E-state index contributed by atoms with van der Waals surface area (Å²) in [6, 6.07) is 5.94. The SMILES string of the molecule is COCC1CN(c2ccc3c(c2)CCC(C(C)C)O3)C(=O)O1. The van der Waals surface area contributed by atoms with E-state index >= 15 is 0 Å². The number of carbonyl (C=O) groups is 1. The van der Waals surface area contributed by atoms with Gasteiger partial charge in [-0.25, -0.2) is 4.79 Å². The molecule has 1 amide bonds. The van der Waals surface area contributed by atoms with E-state index in [1.54, 1.807) is 12.0 Å². The molecule has 0 bridgehead atoms. The smallest absolute Gasteiger partial charge is 0.414 e. The first kappa shape index (κ1) is 15.2. The van der Waals surface area contributed by atoms with Crippen LogP contribution >= 0.6 is 0 Å². The number of aryl methyl sites for hydroxylation is 1. The Labute approximate surface area is 131 Å². The van der Waals surface area contributed by atoms with Crippen LogP contribution in [0.3, 0.4) is 0 Å². The molecule has 2 aliphatic heterocycles. The number of nitrogens with zero attached hydrogens (tertiary/aromatic N) is 1. The summed E-state index contributed by atoms with van der Waals surface area (Å²) < 4.78 is 16.4. The minimum Gasteiger partial charge on any atom is -0.490 e. The predicted octanol–water partition coefficient (Wildman–Crippen LogP) is 3.01. The van der Waals surface area contributed by atoms with Crippen LogP contribution in [0.2, 0.25) is 0 Å². The summed E-state index contributed by atoms with van der Waals surface area (Å²) in [5.41, 5.74) is 2.03. The van der Waals surface area contributed by atoms with Crippen LogP contribution in [0.15, 0.2) is 18.2 Å². The third-order valence-corrected chi connectivity index (χ3v) is 4.30. The maximum absolute atomic E-state index is 12.0. The van der Waals surface area contributed by atoms with Gasteiger partial charge in [-0.3, -0.25) is 4.90 Å². The van der Waals surface area contributed by atoms with Crippen LogP contribution in [0.4, 0.5) is 10.5 Å². The van der Waals surface area contributed by atoms with Crippen molar-refractivity contribution in [1.82, 2.24) is 0 Å². The summed E-state index contributed by atoms with van der Waals surface area (Å²) in [7, 11) is 1.61. The van der Waals surface area contributed by atoms with Crippen molar-refractivity contribution in [2.45, 2.75) is 38.9 Å². The number of hydrogen-bond donors (Lipinski definition) is 0. The maximum atomic E-state index is 12.0. The van der Waals surface area contributed by atoms with Crippen LogP contribution in [-0.2, 0) is 15.9 Å². The van der Waals surface area contributed by atoms with Gasteiger partial charge in [0.25, 0.3) is 0 Å². The Bertz CT molecular complexity index is 558. The molecule has 5 heteroatoms. The molecule has 2 heterocycles. The zero-order valence-electron chi connectivity index (χ0n) is 13.4. The van der Waals surface area contributed by atoms with Gasteiger partial charge in [0.2, 0.25) is 0 Å². The lowest BCUT2D eigenvalue weighted by Crippen LogP contribution is -2.29. The Morgan fingerprint density at radius 2 is 2.18 bits per heavy atom. The number of fused-ring (bicyclic) bond motifs is 1. The first-order chi connectivity index (χ1) is 10.6. The second-order valence-electron chi connectivity index (χ2n) is 6.30. The largest absolute Gasteiger partial charge is 0.490 e. The van der Waals surface area contributed by atoms with Crippen molar-refractivity contribution in [1.29, 1.82) is 0 Å². The maximum Gasteiger partial charge on any atom is 0.414 e. The number of cyclic esters (lactones) is 1. The molecule has 1 fully saturated rings. The third-order valence-electron chi connectivity index (χ3n) is 4.30. The normalized spacial score (nSPS) is 24.2. The van der Waals surface area contributed by atoms with Crippen LogP contribution in [0.25, 0.3) is 0 Å². The van der Waals surface area contributed by atoms with Crippen LogP contribution in [0, 0.1) is 5.92 Å². The van der Waals surface area contributed by atoms with Crippen molar-refractivity contribution in [2.75, 3.05) is 25.2 Å². The molecule has 1 aromatic carbocycles. The molecule has 0 spiro atoms. The Balaban J connectivity index is 1.76. The van der Waals surface area contributed by atoms with Crippen LogP contribution < -0.4 is 9.64 Å². The van der Waals surface area contributed by atoms with E-state index in [9.17, 15) is 4.79 Å². The number of rotatable bonds is 4. The number of hydrogen-bond acceptors (Lipinski definition) is 4. The fourth-order valence-electron chi connectivity index (χ4n) is 3.04. The van der Waals surface area contributed by atoms with Crippen molar-refractivity contribution >= 4 is 11.8 Å². The lowest BCUT2D eigenvalue weighted by Gasteiger charge is -2.29. The number of methoxy groups -OCH3 is 1. The Morgan fingerprint density at radius 1 is 1.36 bits per heavy atom. The first-order valence-corrected chi connectivity index (χ1v) is 7.85. The van der Waals surface area contributed by atoms with Crippen molar-refractivity contribution in [3.8, 4) is 5.75 Å². The molecule has 0 N–H and O–H groups in total. The van der Waals surface area contributed by atoms with E-state index in [0.717, 1.165) is 29.8 Å². The van der Waals surface area contributed by atoms with Gasteiger partial charge in [0.05, 0.1) is 13.2 Å². The number of ether oxygens (including phenoxy) is 3. The zero-order chi connectivity index (χ0) is 15.7. The van der Waals surface area contributed by atoms with E-state index in [1.807, 2.05) is 18.2 Å². The summed E-state index contributed by atoms with van der Waals surface area (Å²) in [5.74, 6) is 1.45. The van der Waals surface area contributed by atoms with Gasteiger partial charge in [-0.15, -0.1) is 0 Å². The topological polar surface area (TPSA) is 48.0 Å². The van der Waals surface area contributed by atoms with E-state index in [2.05, 4.69) is 13.8 Å². The van der Waals surface area contributed by atoms with E-state index in [-0.39, 0.29) is 18.3 Å². The molecule has 120 valence electrons.